The van der Waals surface area contributed by atoms with Gasteiger partial charge in [-0.3, -0.25) is 9.69 Å². The molecule has 1 aromatic rings. The monoisotopic (exact) mass is 408 g/mol. The fraction of sp³-hybridized carbons (Fsp3) is 0.550. The fourth-order valence-electron chi connectivity index (χ4n) is 3.25. The first-order valence-corrected chi connectivity index (χ1v) is 10.3. The highest BCUT2D eigenvalue weighted by Crippen LogP contribution is 2.34. The van der Waals surface area contributed by atoms with Gasteiger partial charge in [-0.1, -0.05) is 19.6 Å². The molecule has 1 atom stereocenters. The van der Waals surface area contributed by atoms with E-state index in [-0.39, 0.29) is 36.1 Å². The minimum Gasteiger partial charge on any atom is -0.462 e. The Morgan fingerprint density at radius 3 is 2.71 bits per heavy atom. The highest BCUT2D eigenvalue weighted by Gasteiger charge is 2.28. The lowest BCUT2D eigenvalue weighted by molar-refractivity contribution is -0.117. The second-order valence-electron chi connectivity index (χ2n) is 6.90. The molecule has 0 saturated carbocycles. The molecule has 1 fully saturated rings. The van der Waals surface area contributed by atoms with Crippen molar-refractivity contribution in [2.75, 3.05) is 38.2 Å². The van der Waals surface area contributed by atoms with E-state index in [4.69, 9.17) is 9.47 Å². The third kappa shape index (κ3) is 5.65. The Morgan fingerprint density at radius 1 is 1.32 bits per heavy atom. The highest BCUT2D eigenvalue weighted by atomic mass is 32.1. The summed E-state index contributed by atoms with van der Waals surface area (Å²) in [5.41, 5.74) is 0.650. The number of hydrogen-bond donors (Lipinski definition) is 1. The highest BCUT2D eigenvalue weighted by molar-refractivity contribution is 7.18. The first-order valence-electron chi connectivity index (χ1n) is 9.48. The Bertz CT molecular complexity index is 743. The summed E-state index contributed by atoms with van der Waals surface area (Å²) in [5, 5.41) is 3.11. The molecule has 1 saturated heterocycles. The molecule has 2 rings (SSSR count). The van der Waals surface area contributed by atoms with Gasteiger partial charge in [-0.2, -0.15) is 0 Å². The normalized spacial score (nSPS) is 17.0. The molecule has 1 amide bonds. The number of amides is 1. The summed E-state index contributed by atoms with van der Waals surface area (Å²) in [5.74, 6) is -0.780. The summed E-state index contributed by atoms with van der Waals surface area (Å²) < 4.78 is 10.2. The zero-order valence-corrected chi connectivity index (χ0v) is 17.5. The maximum absolute atomic E-state index is 12.6. The molecule has 0 radical (unpaired) electrons. The van der Waals surface area contributed by atoms with Gasteiger partial charge in [-0.05, 0) is 44.7 Å². The van der Waals surface area contributed by atoms with Gasteiger partial charge in [0, 0.05) is 6.54 Å². The van der Waals surface area contributed by atoms with Crippen molar-refractivity contribution in [3.63, 3.8) is 0 Å². The average molecular weight is 409 g/mol. The van der Waals surface area contributed by atoms with Crippen molar-refractivity contribution in [2.45, 2.75) is 33.6 Å². The summed E-state index contributed by atoms with van der Waals surface area (Å²) >= 11 is 1.03. The van der Waals surface area contributed by atoms with E-state index in [9.17, 15) is 14.4 Å². The van der Waals surface area contributed by atoms with Gasteiger partial charge in [0.25, 0.3) is 0 Å². The van der Waals surface area contributed by atoms with Crippen molar-refractivity contribution < 1.29 is 23.9 Å². The van der Waals surface area contributed by atoms with Crippen molar-refractivity contribution in [1.82, 2.24) is 4.90 Å². The van der Waals surface area contributed by atoms with E-state index in [2.05, 4.69) is 23.7 Å². The Labute approximate surface area is 169 Å². The van der Waals surface area contributed by atoms with Gasteiger partial charge in [0.1, 0.15) is 16.5 Å². The van der Waals surface area contributed by atoms with E-state index in [0.29, 0.717) is 16.5 Å². The van der Waals surface area contributed by atoms with Gasteiger partial charge in [-0.15, -0.1) is 11.3 Å². The summed E-state index contributed by atoms with van der Waals surface area (Å²) in [4.78, 5) is 39.6. The lowest BCUT2D eigenvalue weighted by Crippen LogP contribution is -2.39. The number of piperidine rings is 1. The molecule has 0 aliphatic carbocycles. The molecule has 0 aromatic carbocycles. The van der Waals surface area contributed by atoms with E-state index < -0.39 is 11.9 Å². The molecule has 1 aromatic heterocycles. The van der Waals surface area contributed by atoms with Gasteiger partial charge in [0.2, 0.25) is 5.91 Å². The van der Waals surface area contributed by atoms with Crippen LogP contribution in [0.3, 0.4) is 0 Å². The molecular formula is C20H28N2O5S. The van der Waals surface area contributed by atoms with Crippen LogP contribution < -0.4 is 5.32 Å². The predicted octanol–water partition coefficient (Wildman–Crippen LogP) is 3.25. The number of likely N-dealkylation sites (tertiary alicyclic amines) is 1. The van der Waals surface area contributed by atoms with Crippen molar-refractivity contribution in [3.8, 4) is 0 Å². The molecule has 0 bridgehead atoms. The number of rotatable bonds is 8. The van der Waals surface area contributed by atoms with Crippen LogP contribution in [0.2, 0.25) is 0 Å². The van der Waals surface area contributed by atoms with Crippen LogP contribution in [-0.4, -0.2) is 55.6 Å². The third-order valence-corrected chi connectivity index (χ3v) is 5.69. The number of nitrogens with zero attached hydrogens (tertiary/aromatic N) is 1. The van der Waals surface area contributed by atoms with Crippen LogP contribution in [0.25, 0.3) is 0 Å². The van der Waals surface area contributed by atoms with Crippen LogP contribution >= 0.6 is 11.3 Å². The van der Waals surface area contributed by atoms with Gasteiger partial charge in [0.05, 0.1) is 18.7 Å². The lowest BCUT2D eigenvalue weighted by Gasteiger charge is -2.30. The van der Waals surface area contributed by atoms with Crippen LogP contribution in [0.5, 0.6) is 0 Å². The molecule has 0 unspecified atom stereocenters. The van der Waals surface area contributed by atoms with E-state index >= 15 is 0 Å². The van der Waals surface area contributed by atoms with E-state index in [0.717, 1.165) is 30.8 Å². The maximum Gasteiger partial charge on any atom is 0.348 e. The Kier molecular flexibility index (Phi) is 8.19. The van der Waals surface area contributed by atoms with Crippen molar-refractivity contribution in [1.29, 1.82) is 0 Å². The molecular weight excluding hydrogens is 380 g/mol. The quantitative estimate of drug-likeness (QED) is 0.525. The van der Waals surface area contributed by atoms with Gasteiger partial charge in [-0.25, -0.2) is 9.59 Å². The first-order chi connectivity index (χ1) is 13.4. The molecule has 8 heteroatoms. The standard InChI is InChI=1S/C20H28N2O5S/c1-5-10-27-20(25)17-14(4)16(19(24)26-6-2)18(28-17)21-15(23)12-22-9-7-8-13(3)11-22/h5,13H,1,6-12H2,2-4H3,(H,21,23)/t13-/m1/s1. The molecule has 1 aliphatic heterocycles. The van der Waals surface area contributed by atoms with Crippen LogP contribution in [-0.2, 0) is 14.3 Å². The van der Waals surface area contributed by atoms with E-state index in [1.807, 2.05) is 0 Å². The summed E-state index contributed by atoms with van der Waals surface area (Å²) in [6, 6.07) is 0. The van der Waals surface area contributed by atoms with Crippen LogP contribution in [0.1, 0.15) is 52.3 Å². The lowest BCUT2D eigenvalue weighted by atomic mass is 10.0. The summed E-state index contributed by atoms with van der Waals surface area (Å²) in [7, 11) is 0. The first kappa shape index (κ1) is 22.1. The number of hydrogen-bond acceptors (Lipinski definition) is 7. The van der Waals surface area contributed by atoms with Crippen LogP contribution in [0.15, 0.2) is 12.7 Å². The van der Waals surface area contributed by atoms with E-state index in [1.54, 1.807) is 13.8 Å². The number of anilines is 1. The second-order valence-corrected chi connectivity index (χ2v) is 7.92. The van der Waals surface area contributed by atoms with Crippen molar-refractivity contribution in [3.05, 3.63) is 28.7 Å². The SMILES string of the molecule is C=CCOC(=O)c1sc(NC(=O)CN2CCC[C@@H](C)C2)c(C(=O)OCC)c1C. The zero-order chi connectivity index (χ0) is 20.7. The molecule has 1 N–H and O–H groups in total. The minimum atomic E-state index is -0.569. The molecule has 154 valence electrons. The third-order valence-electron chi connectivity index (χ3n) is 4.51. The number of carbonyl (C=O) groups excluding carboxylic acids is 3. The number of esters is 2. The summed E-state index contributed by atoms with van der Waals surface area (Å²) in [6.45, 7) is 11.3. The average Bonchev–Trinajstić information content (AvgIpc) is 2.95. The predicted molar refractivity (Wildman–Crippen MR) is 109 cm³/mol. The molecule has 1 aliphatic rings. The minimum absolute atomic E-state index is 0.0692. The maximum atomic E-state index is 12.6. The van der Waals surface area contributed by atoms with Crippen LogP contribution in [0, 0.1) is 12.8 Å². The molecule has 28 heavy (non-hydrogen) atoms. The Morgan fingerprint density at radius 2 is 2.07 bits per heavy atom. The second kappa shape index (κ2) is 10.4. The van der Waals surface area contributed by atoms with Gasteiger partial charge in [0.15, 0.2) is 0 Å². The van der Waals surface area contributed by atoms with Gasteiger partial charge < -0.3 is 14.8 Å². The van der Waals surface area contributed by atoms with Gasteiger partial charge >= 0.3 is 11.9 Å². The fourth-order valence-corrected chi connectivity index (χ4v) is 4.35. The smallest absolute Gasteiger partial charge is 0.348 e. The Balaban J connectivity index is 2.20. The summed E-state index contributed by atoms with van der Waals surface area (Å²) in [6.07, 6.45) is 3.71. The van der Waals surface area contributed by atoms with Crippen molar-refractivity contribution in [2.24, 2.45) is 5.92 Å². The largest absolute Gasteiger partial charge is 0.462 e. The zero-order valence-electron chi connectivity index (χ0n) is 16.7. The molecule has 7 nitrogen and oxygen atoms in total. The number of ether oxygens (including phenoxy) is 2. The van der Waals surface area contributed by atoms with E-state index in [1.165, 1.54) is 12.5 Å². The Hall–Kier alpha value is -2.19. The van der Waals surface area contributed by atoms with Crippen molar-refractivity contribution >= 4 is 34.2 Å². The van der Waals surface area contributed by atoms with Crippen LogP contribution in [0.4, 0.5) is 5.00 Å². The number of thiophene rings is 1. The topological polar surface area (TPSA) is 84.9 Å². The number of nitrogens with one attached hydrogen (secondary N) is 1. The molecule has 0 spiro atoms. The molecule has 2 heterocycles. The number of carbonyl (C=O) groups is 3.